The molecule has 1 saturated carbocycles. The standard InChI is InChI=1S/C15H15N3O4/c1-22-11-4-2-3-10(7-11)18-14(20)12(8-16-9-5-6-9)13(19)17-15(18)21/h2-4,7-9,12H,5-6H2,1H3,(H,17,19,21)/t12-/m1/s1. The Balaban J connectivity index is 1.89. The van der Waals surface area contributed by atoms with Crippen LogP contribution in [0.1, 0.15) is 12.8 Å². The summed E-state index contributed by atoms with van der Waals surface area (Å²) in [6.07, 6.45) is 3.28. The van der Waals surface area contributed by atoms with Gasteiger partial charge in [-0.2, -0.15) is 0 Å². The van der Waals surface area contributed by atoms with Crippen LogP contribution in [0.5, 0.6) is 5.75 Å². The topological polar surface area (TPSA) is 88.1 Å². The van der Waals surface area contributed by atoms with Gasteiger partial charge in [0.05, 0.1) is 12.8 Å². The molecule has 1 aromatic carbocycles. The predicted octanol–water partition coefficient (Wildman–Crippen LogP) is 1.13. The van der Waals surface area contributed by atoms with E-state index in [0.717, 1.165) is 17.7 Å². The molecule has 1 atom stereocenters. The van der Waals surface area contributed by atoms with Crippen LogP contribution in [0, 0.1) is 5.92 Å². The van der Waals surface area contributed by atoms with Crippen LogP contribution < -0.4 is 15.0 Å². The Morgan fingerprint density at radius 2 is 2.09 bits per heavy atom. The second kappa shape index (κ2) is 5.59. The molecule has 4 amide bonds. The Kier molecular flexibility index (Phi) is 3.62. The molecule has 22 heavy (non-hydrogen) atoms. The monoisotopic (exact) mass is 301 g/mol. The number of methoxy groups -OCH3 is 1. The lowest BCUT2D eigenvalue weighted by Crippen LogP contribution is -2.58. The van der Waals surface area contributed by atoms with Crippen molar-refractivity contribution >= 4 is 29.7 Å². The Hall–Kier alpha value is -2.70. The molecule has 7 heteroatoms. The van der Waals surface area contributed by atoms with E-state index in [9.17, 15) is 14.4 Å². The minimum Gasteiger partial charge on any atom is -0.497 e. The van der Waals surface area contributed by atoms with Crippen LogP contribution in [0.2, 0.25) is 0 Å². The van der Waals surface area contributed by atoms with Crippen LogP contribution in [-0.4, -0.2) is 37.2 Å². The molecule has 114 valence electrons. The van der Waals surface area contributed by atoms with Gasteiger partial charge >= 0.3 is 6.03 Å². The van der Waals surface area contributed by atoms with Crippen LogP contribution >= 0.6 is 0 Å². The molecule has 0 spiro atoms. The number of aliphatic imine (C=N–C) groups is 1. The SMILES string of the molecule is COc1cccc(N2C(=O)NC(=O)[C@@H](C=NC3CC3)C2=O)c1. The van der Waals surface area contributed by atoms with Crippen LogP contribution in [0.15, 0.2) is 29.3 Å². The normalized spacial score (nSPS) is 22.1. The summed E-state index contributed by atoms with van der Waals surface area (Å²) in [6.45, 7) is 0. The first-order chi connectivity index (χ1) is 10.6. The third-order valence-corrected chi connectivity index (χ3v) is 3.51. The molecular weight excluding hydrogens is 286 g/mol. The molecular formula is C15H15N3O4. The van der Waals surface area contributed by atoms with E-state index < -0.39 is 23.8 Å². The fourth-order valence-corrected chi connectivity index (χ4v) is 2.15. The highest BCUT2D eigenvalue weighted by Gasteiger charge is 2.40. The first kappa shape index (κ1) is 14.2. The number of nitrogens with one attached hydrogen (secondary N) is 1. The molecule has 1 aliphatic carbocycles. The molecule has 3 rings (SSSR count). The Bertz CT molecular complexity index is 667. The number of anilines is 1. The zero-order chi connectivity index (χ0) is 15.7. The highest BCUT2D eigenvalue weighted by Crippen LogP contribution is 2.26. The van der Waals surface area contributed by atoms with Gasteiger partial charge in [0.2, 0.25) is 5.91 Å². The summed E-state index contributed by atoms with van der Waals surface area (Å²) in [5, 5.41) is 2.19. The van der Waals surface area contributed by atoms with E-state index in [0.29, 0.717) is 11.4 Å². The molecule has 7 nitrogen and oxygen atoms in total. The van der Waals surface area contributed by atoms with Crippen molar-refractivity contribution in [2.24, 2.45) is 10.9 Å². The number of imide groups is 2. The predicted molar refractivity (Wildman–Crippen MR) is 79.0 cm³/mol. The summed E-state index contributed by atoms with van der Waals surface area (Å²) in [6, 6.07) is 5.96. The van der Waals surface area contributed by atoms with Gasteiger partial charge in [0.1, 0.15) is 5.75 Å². The Morgan fingerprint density at radius 3 is 2.77 bits per heavy atom. The van der Waals surface area contributed by atoms with Gasteiger partial charge in [0.15, 0.2) is 5.92 Å². The van der Waals surface area contributed by atoms with E-state index in [1.807, 2.05) is 0 Å². The van der Waals surface area contributed by atoms with Crippen molar-refractivity contribution in [2.45, 2.75) is 18.9 Å². The van der Waals surface area contributed by atoms with E-state index >= 15 is 0 Å². The van der Waals surface area contributed by atoms with Crippen molar-refractivity contribution in [2.75, 3.05) is 12.0 Å². The second-order valence-corrected chi connectivity index (χ2v) is 5.18. The van der Waals surface area contributed by atoms with Gasteiger partial charge in [0, 0.05) is 18.3 Å². The Morgan fingerprint density at radius 1 is 1.32 bits per heavy atom. The molecule has 1 N–H and O–H groups in total. The Labute approximate surface area is 127 Å². The number of ether oxygens (including phenoxy) is 1. The fraction of sp³-hybridized carbons (Fsp3) is 0.333. The average Bonchev–Trinajstić information content (AvgIpc) is 3.31. The molecule has 2 fully saturated rings. The summed E-state index contributed by atoms with van der Waals surface area (Å²) in [5.74, 6) is -1.81. The maximum Gasteiger partial charge on any atom is 0.335 e. The van der Waals surface area contributed by atoms with Crippen LogP contribution in [0.3, 0.4) is 0 Å². The third kappa shape index (κ3) is 2.69. The molecule has 2 aliphatic rings. The van der Waals surface area contributed by atoms with Crippen LogP contribution in [0.4, 0.5) is 10.5 Å². The van der Waals surface area contributed by atoms with Crippen LogP contribution in [0.25, 0.3) is 0 Å². The number of hydrogen-bond donors (Lipinski definition) is 1. The summed E-state index contributed by atoms with van der Waals surface area (Å²) in [7, 11) is 1.49. The van der Waals surface area contributed by atoms with Crippen molar-refractivity contribution in [1.29, 1.82) is 0 Å². The highest BCUT2D eigenvalue weighted by atomic mass is 16.5. The summed E-state index contributed by atoms with van der Waals surface area (Å²) >= 11 is 0. The summed E-state index contributed by atoms with van der Waals surface area (Å²) in [4.78, 5) is 41.5. The van der Waals surface area contributed by atoms with Gasteiger partial charge in [-0.3, -0.25) is 19.9 Å². The van der Waals surface area contributed by atoms with E-state index in [4.69, 9.17) is 4.74 Å². The van der Waals surface area contributed by atoms with Crippen molar-refractivity contribution in [1.82, 2.24) is 5.32 Å². The number of urea groups is 1. The number of carbonyl (C=O) groups is 3. The lowest BCUT2D eigenvalue weighted by molar-refractivity contribution is -0.131. The van der Waals surface area contributed by atoms with E-state index in [2.05, 4.69) is 10.3 Å². The molecule has 1 aliphatic heterocycles. The molecule has 1 aromatic rings. The molecule has 0 unspecified atom stereocenters. The maximum atomic E-state index is 12.5. The lowest BCUT2D eigenvalue weighted by atomic mass is 10.1. The van der Waals surface area contributed by atoms with Gasteiger partial charge in [-0.1, -0.05) is 6.07 Å². The maximum absolute atomic E-state index is 12.5. The third-order valence-electron chi connectivity index (χ3n) is 3.51. The molecule has 0 aromatic heterocycles. The number of hydrogen-bond acceptors (Lipinski definition) is 5. The molecule has 0 radical (unpaired) electrons. The van der Waals surface area contributed by atoms with Gasteiger partial charge < -0.3 is 4.74 Å². The zero-order valence-electron chi connectivity index (χ0n) is 12.0. The summed E-state index contributed by atoms with van der Waals surface area (Å²) in [5.41, 5.74) is 0.346. The smallest absolute Gasteiger partial charge is 0.335 e. The minimum absolute atomic E-state index is 0.198. The van der Waals surface area contributed by atoms with Crippen molar-refractivity contribution in [3.8, 4) is 5.75 Å². The second-order valence-electron chi connectivity index (χ2n) is 5.18. The van der Waals surface area contributed by atoms with E-state index in [-0.39, 0.29) is 6.04 Å². The zero-order valence-corrected chi connectivity index (χ0v) is 12.0. The van der Waals surface area contributed by atoms with Crippen molar-refractivity contribution in [3.05, 3.63) is 24.3 Å². The fourth-order valence-electron chi connectivity index (χ4n) is 2.15. The highest BCUT2D eigenvalue weighted by molar-refractivity contribution is 6.32. The molecule has 1 heterocycles. The van der Waals surface area contributed by atoms with Gasteiger partial charge in [-0.15, -0.1) is 0 Å². The number of barbiturate groups is 1. The minimum atomic E-state index is -1.08. The number of benzene rings is 1. The van der Waals surface area contributed by atoms with Gasteiger partial charge in [-0.05, 0) is 25.0 Å². The number of carbonyl (C=O) groups excluding carboxylic acids is 3. The summed E-state index contributed by atoms with van der Waals surface area (Å²) < 4.78 is 5.09. The number of rotatable bonds is 4. The van der Waals surface area contributed by atoms with Gasteiger partial charge in [0.25, 0.3) is 5.91 Å². The number of nitrogens with zero attached hydrogens (tertiary/aromatic N) is 2. The quantitative estimate of drug-likeness (QED) is 0.667. The van der Waals surface area contributed by atoms with E-state index in [1.54, 1.807) is 24.3 Å². The average molecular weight is 301 g/mol. The van der Waals surface area contributed by atoms with Crippen molar-refractivity contribution < 1.29 is 19.1 Å². The first-order valence-electron chi connectivity index (χ1n) is 6.96. The molecule has 1 saturated heterocycles. The van der Waals surface area contributed by atoms with E-state index in [1.165, 1.54) is 13.3 Å². The number of amides is 4. The lowest BCUT2D eigenvalue weighted by Gasteiger charge is -2.28. The van der Waals surface area contributed by atoms with Crippen molar-refractivity contribution in [3.63, 3.8) is 0 Å². The largest absolute Gasteiger partial charge is 0.497 e. The molecule has 0 bridgehead atoms. The van der Waals surface area contributed by atoms with Gasteiger partial charge in [-0.25, -0.2) is 9.69 Å². The van der Waals surface area contributed by atoms with Crippen LogP contribution in [-0.2, 0) is 9.59 Å². The first-order valence-corrected chi connectivity index (χ1v) is 6.96.